The molecule has 0 radical (unpaired) electrons. The molecule has 2 aromatic rings. The van der Waals surface area contributed by atoms with E-state index in [4.69, 9.17) is 21.1 Å². The SMILES string of the molecule is CC(=O)Nc1ccc(Cl)c(NC(=O)C2CC(=O)N(c3ccc4c(c3)OCO4)C2)c1. The van der Waals surface area contributed by atoms with Gasteiger partial charge in [0.15, 0.2) is 11.5 Å². The van der Waals surface area contributed by atoms with Gasteiger partial charge in [-0.2, -0.15) is 0 Å². The number of nitrogens with zero attached hydrogens (tertiary/aromatic N) is 1. The molecule has 1 saturated heterocycles. The smallest absolute Gasteiger partial charge is 0.231 e. The molecule has 2 N–H and O–H groups in total. The molecule has 9 heteroatoms. The van der Waals surface area contributed by atoms with E-state index in [2.05, 4.69) is 10.6 Å². The Bertz CT molecular complexity index is 1010. The van der Waals surface area contributed by atoms with Crippen LogP contribution < -0.4 is 25.0 Å². The van der Waals surface area contributed by atoms with Crippen molar-refractivity contribution in [2.24, 2.45) is 5.92 Å². The molecule has 0 bridgehead atoms. The molecule has 2 aromatic carbocycles. The predicted molar refractivity (Wildman–Crippen MR) is 107 cm³/mol. The van der Waals surface area contributed by atoms with Crippen molar-refractivity contribution in [2.75, 3.05) is 28.9 Å². The van der Waals surface area contributed by atoms with Crippen LogP contribution in [0, 0.1) is 5.92 Å². The van der Waals surface area contributed by atoms with Crippen LogP contribution in [-0.2, 0) is 14.4 Å². The molecule has 0 aromatic heterocycles. The fourth-order valence-corrected chi connectivity index (χ4v) is 3.49. The van der Waals surface area contributed by atoms with Gasteiger partial charge in [0.05, 0.1) is 16.6 Å². The Balaban J connectivity index is 1.46. The van der Waals surface area contributed by atoms with Crippen LogP contribution in [0.2, 0.25) is 5.02 Å². The van der Waals surface area contributed by atoms with E-state index in [1.165, 1.54) is 6.92 Å². The Kier molecular flexibility index (Phi) is 5.02. The van der Waals surface area contributed by atoms with E-state index in [0.29, 0.717) is 33.6 Å². The van der Waals surface area contributed by atoms with Crippen LogP contribution in [-0.4, -0.2) is 31.1 Å². The highest BCUT2D eigenvalue weighted by molar-refractivity contribution is 6.34. The molecule has 0 saturated carbocycles. The summed E-state index contributed by atoms with van der Waals surface area (Å²) in [6.45, 7) is 1.78. The van der Waals surface area contributed by atoms with Gasteiger partial charge in [0.2, 0.25) is 24.5 Å². The second-order valence-corrected chi connectivity index (χ2v) is 7.22. The highest BCUT2D eigenvalue weighted by Gasteiger charge is 2.36. The number of halogens is 1. The van der Waals surface area contributed by atoms with Gasteiger partial charge in [-0.15, -0.1) is 0 Å². The molecule has 29 heavy (non-hydrogen) atoms. The molecular formula is C20H18ClN3O5. The summed E-state index contributed by atoms with van der Waals surface area (Å²) < 4.78 is 10.6. The summed E-state index contributed by atoms with van der Waals surface area (Å²) in [5.74, 6) is -0.0301. The number of rotatable bonds is 4. The van der Waals surface area contributed by atoms with Crippen molar-refractivity contribution in [3.63, 3.8) is 0 Å². The number of hydrogen-bond donors (Lipinski definition) is 2. The third kappa shape index (κ3) is 3.97. The number of benzene rings is 2. The first-order valence-electron chi connectivity index (χ1n) is 8.99. The Morgan fingerprint density at radius 3 is 2.69 bits per heavy atom. The molecule has 0 aliphatic carbocycles. The molecule has 2 aliphatic heterocycles. The van der Waals surface area contributed by atoms with E-state index >= 15 is 0 Å². The Morgan fingerprint density at radius 1 is 1.10 bits per heavy atom. The average Bonchev–Trinajstić information content (AvgIpc) is 3.29. The first kappa shape index (κ1) is 19.1. The molecule has 1 unspecified atom stereocenters. The molecule has 2 heterocycles. The molecule has 1 atom stereocenters. The lowest BCUT2D eigenvalue weighted by atomic mass is 10.1. The van der Waals surface area contributed by atoms with Crippen molar-refractivity contribution in [3.05, 3.63) is 41.4 Å². The van der Waals surface area contributed by atoms with Crippen molar-refractivity contribution in [2.45, 2.75) is 13.3 Å². The minimum absolute atomic E-state index is 0.0866. The van der Waals surface area contributed by atoms with Gasteiger partial charge in [-0.05, 0) is 30.3 Å². The van der Waals surface area contributed by atoms with Crippen molar-refractivity contribution in [1.29, 1.82) is 0 Å². The largest absolute Gasteiger partial charge is 0.454 e. The molecule has 1 fully saturated rings. The lowest BCUT2D eigenvalue weighted by molar-refractivity contribution is -0.122. The lowest BCUT2D eigenvalue weighted by Crippen LogP contribution is -2.28. The van der Waals surface area contributed by atoms with Crippen LogP contribution in [0.25, 0.3) is 0 Å². The lowest BCUT2D eigenvalue weighted by Gasteiger charge is -2.17. The summed E-state index contributed by atoms with van der Waals surface area (Å²) in [6, 6.07) is 10.0. The van der Waals surface area contributed by atoms with Crippen molar-refractivity contribution in [1.82, 2.24) is 0 Å². The van der Waals surface area contributed by atoms with E-state index < -0.39 is 5.92 Å². The number of hydrogen-bond acceptors (Lipinski definition) is 5. The maximum Gasteiger partial charge on any atom is 0.231 e. The normalized spacial score (nSPS) is 17.4. The van der Waals surface area contributed by atoms with E-state index in [0.717, 1.165) is 0 Å². The van der Waals surface area contributed by atoms with Gasteiger partial charge in [-0.3, -0.25) is 14.4 Å². The Hall–Kier alpha value is -3.26. The maximum atomic E-state index is 12.7. The van der Waals surface area contributed by atoms with Crippen LogP contribution in [0.5, 0.6) is 11.5 Å². The monoisotopic (exact) mass is 415 g/mol. The number of anilines is 3. The summed E-state index contributed by atoms with van der Waals surface area (Å²) in [5, 5.41) is 5.73. The van der Waals surface area contributed by atoms with Gasteiger partial charge in [-0.1, -0.05) is 11.6 Å². The number of nitrogens with one attached hydrogen (secondary N) is 2. The first-order valence-corrected chi connectivity index (χ1v) is 9.36. The highest BCUT2D eigenvalue weighted by atomic mass is 35.5. The molecule has 0 spiro atoms. The zero-order valence-corrected chi connectivity index (χ0v) is 16.3. The summed E-state index contributed by atoms with van der Waals surface area (Å²) in [7, 11) is 0. The van der Waals surface area contributed by atoms with Crippen molar-refractivity contribution >= 4 is 46.4 Å². The zero-order chi connectivity index (χ0) is 20.5. The van der Waals surface area contributed by atoms with Gasteiger partial charge in [0, 0.05) is 37.3 Å². The minimum atomic E-state index is -0.534. The second-order valence-electron chi connectivity index (χ2n) is 6.81. The summed E-state index contributed by atoms with van der Waals surface area (Å²) in [4.78, 5) is 38.0. The third-order valence-electron chi connectivity index (χ3n) is 4.71. The second kappa shape index (κ2) is 7.63. The molecular weight excluding hydrogens is 398 g/mol. The molecule has 3 amide bonds. The molecule has 4 rings (SSSR count). The molecule has 8 nitrogen and oxygen atoms in total. The number of carbonyl (C=O) groups excluding carboxylic acids is 3. The Labute approximate surface area is 171 Å². The molecule has 150 valence electrons. The zero-order valence-electron chi connectivity index (χ0n) is 15.5. The van der Waals surface area contributed by atoms with E-state index in [9.17, 15) is 14.4 Å². The fraction of sp³-hybridized carbons (Fsp3) is 0.250. The van der Waals surface area contributed by atoms with Gasteiger partial charge < -0.3 is 25.0 Å². The fourth-order valence-electron chi connectivity index (χ4n) is 3.32. The van der Waals surface area contributed by atoms with E-state index in [1.54, 1.807) is 41.3 Å². The van der Waals surface area contributed by atoms with Crippen LogP contribution in [0.15, 0.2) is 36.4 Å². The van der Waals surface area contributed by atoms with Crippen LogP contribution >= 0.6 is 11.6 Å². The van der Waals surface area contributed by atoms with Gasteiger partial charge >= 0.3 is 0 Å². The first-order chi connectivity index (χ1) is 13.9. The summed E-state index contributed by atoms with van der Waals surface area (Å²) >= 11 is 6.16. The van der Waals surface area contributed by atoms with Crippen LogP contribution in [0.1, 0.15) is 13.3 Å². The number of amides is 3. The van der Waals surface area contributed by atoms with Gasteiger partial charge in [0.25, 0.3) is 0 Å². The maximum absolute atomic E-state index is 12.7. The van der Waals surface area contributed by atoms with E-state index in [1.807, 2.05) is 0 Å². The van der Waals surface area contributed by atoms with Crippen molar-refractivity contribution in [3.8, 4) is 11.5 Å². The van der Waals surface area contributed by atoms with Crippen LogP contribution in [0.4, 0.5) is 17.1 Å². The van der Waals surface area contributed by atoms with Gasteiger partial charge in [0.1, 0.15) is 0 Å². The number of ether oxygens (including phenoxy) is 2. The summed E-state index contributed by atoms with van der Waals surface area (Å²) in [6.07, 6.45) is 0.0866. The van der Waals surface area contributed by atoms with Crippen LogP contribution in [0.3, 0.4) is 0 Å². The third-order valence-corrected chi connectivity index (χ3v) is 5.04. The summed E-state index contributed by atoms with van der Waals surface area (Å²) in [5.41, 5.74) is 1.54. The topological polar surface area (TPSA) is 97.0 Å². The standard InChI is InChI=1S/C20H18ClN3O5/c1-11(25)22-13-2-4-15(21)16(7-13)23-20(27)12-6-19(26)24(9-12)14-3-5-17-18(8-14)29-10-28-17/h2-5,7-8,12H,6,9-10H2,1H3,(H,22,25)(H,23,27). The van der Waals surface area contributed by atoms with E-state index in [-0.39, 0.29) is 37.5 Å². The quantitative estimate of drug-likeness (QED) is 0.800. The average molecular weight is 416 g/mol. The van der Waals surface area contributed by atoms with Crippen molar-refractivity contribution < 1.29 is 23.9 Å². The Morgan fingerprint density at radius 2 is 1.90 bits per heavy atom. The minimum Gasteiger partial charge on any atom is -0.454 e. The number of carbonyl (C=O) groups is 3. The number of fused-ring (bicyclic) bond motifs is 1. The molecule has 2 aliphatic rings. The highest BCUT2D eigenvalue weighted by Crippen LogP contribution is 2.37. The predicted octanol–water partition coefficient (Wildman–Crippen LogP) is 3.02. The van der Waals surface area contributed by atoms with Gasteiger partial charge in [-0.25, -0.2) is 0 Å².